The first-order valence-corrected chi connectivity index (χ1v) is 10.5. The molecule has 29 heavy (non-hydrogen) atoms. The second-order valence-corrected chi connectivity index (χ2v) is 7.92. The number of ether oxygens (including phenoxy) is 1. The number of nitrogens with zero attached hydrogens (tertiary/aromatic N) is 2. The van der Waals surface area contributed by atoms with Gasteiger partial charge in [0, 0.05) is 44.2 Å². The molecule has 1 saturated carbocycles. The second kappa shape index (κ2) is 9.23. The molecular formula is C24H28N2O3. The summed E-state index contributed by atoms with van der Waals surface area (Å²) in [7, 11) is 0. The molecule has 0 spiro atoms. The number of piperazine rings is 1. The van der Waals surface area contributed by atoms with E-state index in [2.05, 4.69) is 29.2 Å². The van der Waals surface area contributed by atoms with Gasteiger partial charge in [-0.1, -0.05) is 30.3 Å². The zero-order chi connectivity index (χ0) is 20.1. The number of hydrogen-bond donors (Lipinski definition) is 0. The molecule has 4 rings (SSSR count). The fourth-order valence-corrected chi connectivity index (χ4v) is 3.66. The minimum absolute atomic E-state index is 0.0633. The topological polar surface area (TPSA) is 49.9 Å². The molecule has 1 saturated heterocycles. The predicted octanol–water partition coefficient (Wildman–Crippen LogP) is 3.05. The smallest absolute Gasteiger partial charge is 0.253 e. The van der Waals surface area contributed by atoms with Gasteiger partial charge in [-0.15, -0.1) is 0 Å². The van der Waals surface area contributed by atoms with Crippen molar-refractivity contribution in [2.75, 3.05) is 39.3 Å². The molecule has 1 aliphatic carbocycles. The monoisotopic (exact) mass is 392 g/mol. The Morgan fingerprint density at radius 2 is 1.59 bits per heavy atom. The van der Waals surface area contributed by atoms with Crippen LogP contribution in [0.25, 0.3) is 0 Å². The molecular weight excluding hydrogens is 364 g/mol. The van der Waals surface area contributed by atoms with E-state index in [1.807, 2.05) is 11.0 Å². The first kappa shape index (κ1) is 19.6. The Morgan fingerprint density at radius 3 is 2.24 bits per heavy atom. The number of amides is 1. The van der Waals surface area contributed by atoms with Crippen molar-refractivity contribution in [3.05, 3.63) is 65.7 Å². The maximum atomic E-state index is 12.8. The third-order valence-electron chi connectivity index (χ3n) is 5.73. The highest BCUT2D eigenvalue weighted by atomic mass is 16.5. The maximum Gasteiger partial charge on any atom is 0.253 e. The average molecular weight is 392 g/mol. The molecule has 1 amide bonds. The van der Waals surface area contributed by atoms with E-state index in [9.17, 15) is 9.59 Å². The summed E-state index contributed by atoms with van der Waals surface area (Å²) in [4.78, 5) is 28.8. The number of benzene rings is 2. The summed E-state index contributed by atoms with van der Waals surface area (Å²) in [5, 5.41) is 0. The van der Waals surface area contributed by atoms with Crippen molar-refractivity contribution < 1.29 is 14.3 Å². The van der Waals surface area contributed by atoms with Gasteiger partial charge in [-0.25, -0.2) is 0 Å². The Bertz CT molecular complexity index is 823. The summed E-state index contributed by atoms with van der Waals surface area (Å²) < 4.78 is 5.55. The second-order valence-electron chi connectivity index (χ2n) is 7.92. The number of carbonyl (C=O) groups is 2. The number of ketones is 1. The minimum atomic E-state index is 0.0633. The molecule has 2 aromatic carbocycles. The van der Waals surface area contributed by atoms with E-state index in [1.165, 1.54) is 5.56 Å². The number of carbonyl (C=O) groups excluding carboxylic acids is 2. The van der Waals surface area contributed by atoms with E-state index in [-0.39, 0.29) is 24.2 Å². The molecule has 0 aromatic heterocycles. The molecule has 5 heteroatoms. The van der Waals surface area contributed by atoms with Gasteiger partial charge in [0.05, 0.1) is 0 Å². The molecule has 2 aromatic rings. The zero-order valence-corrected chi connectivity index (χ0v) is 16.8. The highest BCUT2D eigenvalue weighted by molar-refractivity contribution is 5.94. The molecule has 1 aliphatic heterocycles. The summed E-state index contributed by atoms with van der Waals surface area (Å²) >= 11 is 0. The van der Waals surface area contributed by atoms with Crippen molar-refractivity contribution in [1.29, 1.82) is 0 Å². The Hall–Kier alpha value is -2.66. The van der Waals surface area contributed by atoms with Gasteiger partial charge in [0.15, 0.2) is 5.78 Å². The zero-order valence-electron chi connectivity index (χ0n) is 16.8. The largest absolute Gasteiger partial charge is 0.486 e. The fraction of sp³-hybridized carbons (Fsp3) is 0.417. The molecule has 0 radical (unpaired) electrons. The molecule has 0 unspecified atom stereocenters. The molecule has 2 fully saturated rings. The lowest BCUT2D eigenvalue weighted by Gasteiger charge is -2.34. The van der Waals surface area contributed by atoms with Gasteiger partial charge in [-0.05, 0) is 49.1 Å². The minimum Gasteiger partial charge on any atom is -0.486 e. The van der Waals surface area contributed by atoms with Crippen LogP contribution in [0.2, 0.25) is 0 Å². The van der Waals surface area contributed by atoms with Crippen LogP contribution in [-0.4, -0.2) is 60.8 Å². The highest BCUT2D eigenvalue weighted by Gasteiger charge is 2.29. The van der Waals surface area contributed by atoms with E-state index < -0.39 is 0 Å². The Balaban J connectivity index is 1.22. The van der Waals surface area contributed by atoms with Gasteiger partial charge in [0.25, 0.3) is 5.91 Å². The van der Waals surface area contributed by atoms with E-state index in [1.54, 1.807) is 24.3 Å². The number of Topliss-reactive ketones (excluding diaryl/α,β-unsaturated/α-hetero) is 1. The Morgan fingerprint density at radius 1 is 0.897 bits per heavy atom. The first-order chi connectivity index (χ1) is 14.2. The standard InChI is InChI=1S/C24H28N2O3/c27-23(20-6-7-20)18-29-22-10-8-21(9-11-22)24(28)26-16-14-25(15-17-26)13-12-19-4-2-1-3-5-19/h1-5,8-11,20H,6-7,12-18H2. The van der Waals surface area contributed by atoms with E-state index >= 15 is 0 Å². The Labute approximate surface area is 172 Å². The lowest BCUT2D eigenvalue weighted by Crippen LogP contribution is -2.49. The van der Waals surface area contributed by atoms with Crippen LogP contribution in [0.15, 0.2) is 54.6 Å². The van der Waals surface area contributed by atoms with Crippen LogP contribution in [-0.2, 0) is 11.2 Å². The quantitative estimate of drug-likeness (QED) is 0.693. The highest BCUT2D eigenvalue weighted by Crippen LogP contribution is 2.30. The third-order valence-corrected chi connectivity index (χ3v) is 5.73. The molecule has 2 aliphatic rings. The van der Waals surface area contributed by atoms with Gasteiger partial charge < -0.3 is 9.64 Å². The van der Waals surface area contributed by atoms with Crippen molar-refractivity contribution in [2.24, 2.45) is 5.92 Å². The van der Waals surface area contributed by atoms with Crippen molar-refractivity contribution >= 4 is 11.7 Å². The lowest BCUT2D eigenvalue weighted by atomic mass is 10.1. The molecule has 5 nitrogen and oxygen atoms in total. The summed E-state index contributed by atoms with van der Waals surface area (Å²) in [6.07, 6.45) is 3.03. The Kier molecular flexibility index (Phi) is 6.25. The summed E-state index contributed by atoms with van der Waals surface area (Å²) in [6, 6.07) is 17.7. The molecule has 0 bridgehead atoms. The SMILES string of the molecule is O=C(COc1ccc(C(=O)N2CCN(CCc3ccccc3)CC2)cc1)C1CC1. The summed E-state index contributed by atoms with van der Waals surface area (Å²) in [5.74, 6) is 1.09. The van der Waals surface area contributed by atoms with Crippen LogP contribution >= 0.6 is 0 Å². The first-order valence-electron chi connectivity index (χ1n) is 10.5. The lowest BCUT2D eigenvalue weighted by molar-refractivity contribution is -0.122. The van der Waals surface area contributed by atoms with Crippen LogP contribution in [0.1, 0.15) is 28.8 Å². The molecule has 152 valence electrons. The summed E-state index contributed by atoms with van der Waals surface area (Å²) in [6.45, 7) is 4.47. The third kappa shape index (κ3) is 5.45. The van der Waals surface area contributed by atoms with Crippen LogP contribution in [0.3, 0.4) is 0 Å². The predicted molar refractivity (Wildman–Crippen MR) is 112 cm³/mol. The maximum absolute atomic E-state index is 12.8. The van der Waals surface area contributed by atoms with Gasteiger partial charge in [-0.3, -0.25) is 14.5 Å². The van der Waals surface area contributed by atoms with Gasteiger partial charge in [-0.2, -0.15) is 0 Å². The van der Waals surface area contributed by atoms with E-state index in [0.29, 0.717) is 11.3 Å². The van der Waals surface area contributed by atoms with E-state index in [4.69, 9.17) is 4.74 Å². The van der Waals surface area contributed by atoms with Crippen molar-refractivity contribution in [3.8, 4) is 5.75 Å². The van der Waals surface area contributed by atoms with Crippen molar-refractivity contribution in [1.82, 2.24) is 9.80 Å². The number of rotatable bonds is 8. The van der Waals surface area contributed by atoms with Crippen LogP contribution in [0, 0.1) is 5.92 Å². The van der Waals surface area contributed by atoms with Gasteiger partial charge >= 0.3 is 0 Å². The van der Waals surface area contributed by atoms with Gasteiger partial charge in [0.2, 0.25) is 0 Å². The average Bonchev–Trinajstić information content (AvgIpc) is 3.63. The molecule has 0 N–H and O–H groups in total. The van der Waals surface area contributed by atoms with Crippen LogP contribution in [0.5, 0.6) is 5.75 Å². The van der Waals surface area contributed by atoms with Crippen molar-refractivity contribution in [2.45, 2.75) is 19.3 Å². The van der Waals surface area contributed by atoms with Crippen LogP contribution in [0.4, 0.5) is 0 Å². The number of hydrogen-bond acceptors (Lipinski definition) is 4. The molecule has 1 heterocycles. The summed E-state index contributed by atoms with van der Waals surface area (Å²) in [5.41, 5.74) is 2.02. The van der Waals surface area contributed by atoms with Crippen LogP contribution < -0.4 is 4.74 Å². The molecule has 0 atom stereocenters. The van der Waals surface area contributed by atoms with E-state index in [0.717, 1.165) is 52.0 Å². The normalized spacial score (nSPS) is 17.2. The van der Waals surface area contributed by atoms with Crippen molar-refractivity contribution in [3.63, 3.8) is 0 Å². The van der Waals surface area contributed by atoms with Gasteiger partial charge in [0.1, 0.15) is 12.4 Å². The fourth-order valence-electron chi connectivity index (χ4n) is 3.66.